The van der Waals surface area contributed by atoms with Gasteiger partial charge in [-0.2, -0.15) is 0 Å². The Kier molecular flexibility index (Phi) is 3.74. The van der Waals surface area contributed by atoms with Gasteiger partial charge >= 0.3 is 6.03 Å². The van der Waals surface area contributed by atoms with Crippen molar-refractivity contribution in [3.63, 3.8) is 0 Å². The van der Waals surface area contributed by atoms with Crippen molar-refractivity contribution in [2.75, 3.05) is 18.4 Å². The van der Waals surface area contributed by atoms with Gasteiger partial charge in [-0.05, 0) is 26.3 Å². The standard InChI is InChI=1S/C10H16N4OS/c1-7-6-16-10(12-7)14-9(15)13-8-3-2-4-11-5-8/h6,8,11H,2-5H2,1H3,(H2,12,13,14,15)/t8-/m1/s1. The molecule has 0 aromatic carbocycles. The lowest BCUT2D eigenvalue weighted by Gasteiger charge is -2.23. The number of thiazole rings is 1. The van der Waals surface area contributed by atoms with Gasteiger partial charge in [-0.15, -0.1) is 11.3 Å². The van der Waals surface area contributed by atoms with Crippen molar-refractivity contribution in [2.24, 2.45) is 0 Å². The van der Waals surface area contributed by atoms with Gasteiger partial charge in [-0.25, -0.2) is 9.78 Å². The van der Waals surface area contributed by atoms with E-state index in [4.69, 9.17) is 0 Å². The SMILES string of the molecule is Cc1csc(NC(=O)N[C@@H]2CCCNC2)n1. The Hall–Kier alpha value is -1.14. The molecule has 2 heterocycles. The number of rotatable bonds is 2. The number of nitrogens with one attached hydrogen (secondary N) is 3. The fraction of sp³-hybridized carbons (Fsp3) is 0.600. The van der Waals surface area contributed by atoms with Crippen LogP contribution in [0.3, 0.4) is 0 Å². The third-order valence-electron chi connectivity index (χ3n) is 2.47. The minimum atomic E-state index is -0.164. The number of anilines is 1. The number of aryl methyl sites for hydroxylation is 1. The summed E-state index contributed by atoms with van der Waals surface area (Å²) in [5.41, 5.74) is 0.930. The molecular weight excluding hydrogens is 224 g/mol. The number of hydrogen-bond donors (Lipinski definition) is 3. The first-order valence-corrected chi connectivity index (χ1v) is 6.32. The lowest BCUT2D eigenvalue weighted by atomic mass is 10.1. The lowest BCUT2D eigenvalue weighted by Crippen LogP contribution is -2.47. The van der Waals surface area contributed by atoms with Crippen molar-refractivity contribution in [1.82, 2.24) is 15.6 Å². The highest BCUT2D eigenvalue weighted by atomic mass is 32.1. The van der Waals surface area contributed by atoms with E-state index in [2.05, 4.69) is 20.9 Å². The number of carbonyl (C=O) groups is 1. The van der Waals surface area contributed by atoms with Gasteiger partial charge in [0, 0.05) is 18.0 Å². The molecule has 1 aliphatic heterocycles. The Morgan fingerprint density at radius 3 is 3.19 bits per heavy atom. The molecule has 2 rings (SSSR count). The minimum Gasteiger partial charge on any atom is -0.334 e. The summed E-state index contributed by atoms with van der Waals surface area (Å²) >= 11 is 1.44. The molecule has 1 fully saturated rings. The Morgan fingerprint density at radius 2 is 2.56 bits per heavy atom. The Labute approximate surface area is 98.7 Å². The molecule has 0 bridgehead atoms. The molecule has 3 N–H and O–H groups in total. The van der Waals surface area contributed by atoms with E-state index in [0.717, 1.165) is 31.6 Å². The van der Waals surface area contributed by atoms with E-state index in [1.165, 1.54) is 11.3 Å². The van der Waals surface area contributed by atoms with Crippen LogP contribution in [0.5, 0.6) is 0 Å². The summed E-state index contributed by atoms with van der Waals surface area (Å²) < 4.78 is 0. The molecule has 1 aromatic heterocycles. The molecule has 1 saturated heterocycles. The highest BCUT2D eigenvalue weighted by molar-refractivity contribution is 7.13. The molecule has 0 radical (unpaired) electrons. The second-order valence-corrected chi connectivity index (χ2v) is 4.79. The largest absolute Gasteiger partial charge is 0.334 e. The van der Waals surface area contributed by atoms with Crippen LogP contribution in [0.2, 0.25) is 0 Å². The van der Waals surface area contributed by atoms with Crippen LogP contribution >= 0.6 is 11.3 Å². The van der Waals surface area contributed by atoms with Crippen LogP contribution < -0.4 is 16.0 Å². The quantitative estimate of drug-likeness (QED) is 0.730. The van der Waals surface area contributed by atoms with Gasteiger partial charge in [0.2, 0.25) is 0 Å². The molecule has 16 heavy (non-hydrogen) atoms. The Balaban J connectivity index is 1.79. The summed E-state index contributed by atoms with van der Waals surface area (Å²) in [4.78, 5) is 15.8. The first-order chi connectivity index (χ1) is 7.74. The van der Waals surface area contributed by atoms with Gasteiger partial charge in [0.05, 0.1) is 5.69 Å². The third-order valence-corrected chi connectivity index (χ3v) is 3.35. The van der Waals surface area contributed by atoms with Gasteiger partial charge in [0.15, 0.2) is 5.13 Å². The average molecular weight is 240 g/mol. The number of hydrogen-bond acceptors (Lipinski definition) is 4. The maximum Gasteiger partial charge on any atom is 0.321 e. The van der Waals surface area contributed by atoms with Crippen molar-refractivity contribution < 1.29 is 4.79 Å². The van der Waals surface area contributed by atoms with Crippen molar-refractivity contribution in [3.8, 4) is 0 Å². The first-order valence-electron chi connectivity index (χ1n) is 5.44. The zero-order chi connectivity index (χ0) is 11.4. The third kappa shape index (κ3) is 3.18. The molecule has 2 amide bonds. The second kappa shape index (κ2) is 5.27. The van der Waals surface area contributed by atoms with E-state index in [1.54, 1.807) is 0 Å². The van der Waals surface area contributed by atoms with E-state index >= 15 is 0 Å². The normalized spacial score (nSPS) is 20.4. The highest BCUT2D eigenvalue weighted by Gasteiger charge is 2.15. The molecule has 0 saturated carbocycles. The monoisotopic (exact) mass is 240 g/mol. The van der Waals surface area contributed by atoms with Gasteiger partial charge in [0.25, 0.3) is 0 Å². The molecule has 0 spiro atoms. The second-order valence-electron chi connectivity index (χ2n) is 3.94. The average Bonchev–Trinajstić information content (AvgIpc) is 2.65. The summed E-state index contributed by atoms with van der Waals surface area (Å²) in [5.74, 6) is 0. The van der Waals surface area contributed by atoms with E-state index < -0.39 is 0 Å². The van der Waals surface area contributed by atoms with Gasteiger partial charge < -0.3 is 10.6 Å². The maximum atomic E-state index is 11.6. The van der Waals surface area contributed by atoms with E-state index in [-0.39, 0.29) is 12.1 Å². The predicted octanol–water partition coefficient (Wildman–Crippen LogP) is 1.33. The summed E-state index contributed by atoms with van der Waals surface area (Å²) in [6.45, 7) is 3.81. The van der Waals surface area contributed by atoms with Crippen LogP contribution in [0.15, 0.2) is 5.38 Å². The highest BCUT2D eigenvalue weighted by Crippen LogP contribution is 2.14. The summed E-state index contributed by atoms with van der Waals surface area (Å²) in [7, 11) is 0. The molecule has 1 aromatic rings. The molecule has 6 heteroatoms. The van der Waals surface area contributed by atoms with Crippen LogP contribution in [-0.4, -0.2) is 30.1 Å². The Morgan fingerprint density at radius 1 is 1.69 bits per heavy atom. The van der Waals surface area contributed by atoms with E-state index in [0.29, 0.717) is 5.13 Å². The van der Waals surface area contributed by atoms with Gasteiger partial charge in [-0.1, -0.05) is 0 Å². The summed E-state index contributed by atoms with van der Waals surface area (Å²) in [5, 5.41) is 11.5. The summed E-state index contributed by atoms with van der Waals surface area (Å²) in [6, 6.07) is 0.0675. The lowest BCUT2D eigenvalue weighted by molar-refractivity contribution is 0.245. The zero-order valence-electron chi connectivity index (χ0n) is 9.25. The maximum absolute atomic E-state index is 11.6. The molecule has 1 atom stereocenters. The molecule has 0 unspecified atom stereocenters. The molecule has 88 valence electrons. The first kappa shape index (κ1) is 11.3. The molecule has 0 aliphatic carbocycles. The van der Waals surface area contributed by atoms with E-state index in [9.17, 15) is 4.79 Å². The van der Waals surface area contributed by atoms with Gasteiger partial charge in [-0.3, -0.25) is 5.32 Å². The van der Waals surface area contributed by atoms with Crippen LogP contribution in [0.1, 0.15) is 18.5 Å². The van der Waals surface area contributed by atoms with Crippen molar-refractivity contribution >= 4 is 22.5 Å². The van der Waals surface area contributed by atoms with Crippen molar-refractivity contribution in [2.45, 2.75) is 25.8 Å². The zero-order valence-corrected chi connectivity index (χ0v) is 10.1. The van der Waals surface area contributed by atoms with Crippen LogP contribution in [-0.2, 0) is 0 Å². The minimum absolute atomic E-state index is 0.164. The van der Waals surface area contributed by atoms with Crippen molar-refractivity contribution in [3.05, 3.63) is 11.1 Å². The number of aromatic nitrogens is 1. The predicted molar refractivity (Wildman–Crippen MR) is 64.9 cm³/mol. The number of urea groups is 1. The molecular formula is C10H16N4OS. The summed E-state index contributed by atoms with van der Waals surface area (Å²) in [6.07, 6.45) is 2.15. The molecule has 5 nitrogen and oxygen atoms in total. The van der Waals surface area contributed by atoms with Crippen LogP contribution in [0.25, 0.3) is 0 Å². The number of piperidine rings is 1. The number of amides is 2. The van der Waals surface area contributed by atoms with Crippen molar-refractivity contribution in [1.29, 1.82) is 0 Å². The fourth-order valence-electron chi connectivity index (χ4n) is 1.71. The Bertz CT molecular complexity index is 359. The number of nitrogens with zero attached hydrogens (tertiary/aromatic N) is 1. The topological polar surface area (TPSA) is 66.1 Å². The number of carbonyl (C=O) groups excluding carboxylic acids is 1. The van der Waals surface area contributed by atoms with Gasteiger partial charge in [0.1, 0.15) is 0 Å². The van der Waals surface area contributed by atoms with Crippen LogP contribution in [0, 0.1) is 6.92 Å². The smallest absolute Gasteiger partial charge is 0.321 e. The molecule has 1 aliphatic rings. The van der Waals surface area contributed by atoms with E-state index in [1.807, 2.05) is 12.3 Å². The van der Waals surface area contributed by atoms with Crippen LogP contribution in [0.4, 0.5) is 9.93 Å². The fourth-order valence-corrected chi connectivity index (χ4v) is 2.39.